The zero-order valence-electron chi connectivity index (χ0n) is 12.1. The van der Waals surface area contributed by atoms with E-state index in [4.69, 9.17) is 4.74 Å². The van der Waals surface area contributed by atoms with Crippen LogP contribution in [0.2, 0.25) is 0 Å². The summed E-state index contributed by atoms with van der Waals surface area (Å²) in [5, 5.41) is 0. The number of benzene rings is 2. The van der Waals surface area contributed by atoms with Crippen molar-refractivity contribution in [2.75, 3.05) is 7.11 Å². The van der Waals surface area contributed by atoms with Gasteiger partial charge in [-0.3, -0.25) is 0 Å². The first-order valence-electron chi connectivity index (χ1n) is 7.15. The highest BCUT2D eigenvalue weighted by atomic mass is 16.5. The molecule has 0 spiro atoms. The van der Waals surface area contributed by atoms with Gasteiger partial charge in [0.25, 0.3) is 0 Å². The average molecular weight is 277 g/mol. The minimum atomic E-state index is 0.336. The lowest BCUT2D eigenvalue weighted by molar-refractivity contribution is 0.414. The van der Waals surface area contributed by atoms with Gasteiger partial charge >= 0.3 is 0 Å². The van der Waals surface area contributed by atoms with E-state index >= 15 is 0 Å². The van der Waals surface area contributed by atoms with Gasteiger partial charge in [-0.25, -0.2) is 0 Å². The summed E-state index contributed by atoms with van der Waals surface area (Å²) < 4.78 is 5.20. The molecule has 0 saturated carbocycles. The van der Waals surface area contributed by atoms with E-state index in [1.807, 2.05) is 18.2 Å². The van der Waals surface area contributed by atoms with Gasteiger partial charge in [-0.05, 0) is 23.3 Å². The van der Waals surface area contributed by atoms with Gasteiger partial charge < -0.3 is 9.64 Å². The topological polar surface area (TPSA) is 12.5 Å². The molecule has 0 fully saturated rings. The predicted octanol–water partition coefficient (Wildman–Crippen LogP) is 4.32. The molecular formula is C19H19NO. The van der Waals surface area contributed by atoms with E-state index in [9.17, 15) is 0 Å². The molecule has 106 valence electrons. The fourth-order valence-electron chi connectivity index (χ4n) is 2.47. The van der Waals surface area contributed by atoms with Crippen LogP contribution in [0.5, 0.6) is 5.75 Å². The smallest absolute Gasteiger partial charge is 0.118 e. The number of hydrogen-bond donors (Lipinski definition) is 0. The predicted molar refractivity (Wildman–Crippen MR) is 86.0 cm³/mol. The maximum absolute atomic E-state index is 5.20. The summed E-state index contributed by atoms with van der Waals surface area (Å²) in [4.78, 5) is 2.20. The van der Waals surface area contributed by atoms with E-state index in [1.54, 1.807) is 7.11 Å². The molecule has 0 unspecified atom stereocenters. The van der Waals surface area contributed by atoms with Gasteiger partial charge in [0.15, 0.2) is 0 Å². The highest BCUT2D eigenvalue weighted by molar-refractivity contribution is 5.35. The minimum Gasteiger partial charge on any atom is -0.497 e. The zero-order valence-corrected chi connectivity index (χ0v) is 12.1. The van der Waals surface area contributed by atoms with Crippen LogP contribution in [-0.4, -0.2) is 12.0 Å². The van der Waals surface area contributed by atoms with Crippen LogP contribution in [-0.2, 0) is 6.54 Å². The molecule has 0 atom stereocenters. The van der Waals surface area contributed by atoms with Crippen LogP contribution < -0.4 is 4.74 Å². The third kappa shape index (κ3) is 3.34. The quantitative estimate of drug-likeness (QED) is 0.825. The van der Waals surface area contributed by atoms with Crippen molar-refractivity contribution in [3.05, 3.63) is 90.3 Å². The SMILES string of the molecule is COc1ccc(C2C=CN(Cc3ccccc3)C=C2)cc1. The van der Waals surface area contributed by atoms with Crippen molar-refractivity contribution >= 4 is 0 Å². The standard InChI is InChI=1S/C19H19NO/c1-21-19-9-7-17(8-10-19)18-11-13-20(14-12-18)15-16-5-3-2-4-6-16/h2-14,18H,15H2,1H3. The van der Waals surface area contributed by atoms with E-state index in [0.29, 0.717) is 5.92 Å². The molecule has 0 aliphatic carbocycles. The minimum absolute atomic E-state index is 0.336. The third-order valence-electron chi connectivity index (χ3n) is 3.68. The van der Waals surface area contributed by atoms with Crippen LogP contribution in [0.3, 0.4) is 0 Å². The van der Waals surface area contributed by atoms with E-state index in [-0.39, 0.29) is 0 Å². The van der Waals surface area contributed by atoms with Crippen molar-refractivity contribution in [2.45, 2.75) is 12.5 Å². The van der Waals surface area contributed by atoms with Gasteiger partial charge in [0.05, 0.1) is 7.11 Å². The van der Waals surface area contributed by atoms with Gasteiger partial charge in [0, 0.05) is 24.9 Å². The Kier molecular flexibility index (Phi) is 4.06. The first-order valence-corrected chi connectivity index (χ1v) is 7.15. The van der Waals surface area contributed by atoms with E-state index < -0.39 is 0 Å². The Morgan fingerprint density at radius 1 is 0.905 bits per heavy atom. The Labute approximate surface area is 126 Å². The number of allylic oxidation sites excluding steroid dienone is 2. The summed E-state index contributed by atoms with van der Waals surface area (Å²) in [6.45, 7) is 0.906. The van der Waals surface area contributed by atoms with Gasteiger partial charge in [-0.15, -0.1) is 0 Å². The van der Waals surface area contributed by atoms with E-state index in [2.05, 4.69) is 65.9 Å². The maximum Gasteiger partial charge on any atom is 0.118 e. The molecule has 0 bridgehead atoms. The second kappa shape index (κ2) is 6.31. The summed E-state index contributed by atoms with van der Waals surface area (Å²) in [5.74, 6) is 1.23. The van der Waals surface area contributed by atoms with Crippen molar-refractivity contribution in [1.82, 2.24) is 4.90 Å². The van der Waals surface area contributed by atoms with Crippen molar-refractivity contribution < 1.29 is 4.74 Å². The summed E-state index contributed by atoms with van der Waals surface area (Å²) in [6.07, 6.45) is 8.76. The molecule has 2 nitrogen and oxygen atoms in total. The summed E-state index contributed by atoms with van der Waals surface area (Å²) in [5.41, 5.74) is 2.59. The molecule has 0 radical (unpaired) electrons. The van der Waals surface area contributed by atoms with Gasteiger partial charge in [-0.1, -0.05) is 54.6 Å². The van der Waals surface area contributed by atoms with Gasteiger partial charge in [0.2, 0.25) is 0 Å². The monoisotopic (exact) mass is 277 g/mol. The molecule has 1 heterocycles. The first-order chi connectivity index (χ1) is 10.3. The fourth-order valence-corrected chi connectivity index (χ4v) is 2.47. The van der Waals surface area contributed by atoms with Crippen LogP contribution in [0.15, 0.2) is 79.1 Å². The Morgan fingerprint density at radius 3 is 2.19 bits per heavy atom. The largest absolute Gasteiger partial charge is 0.497 e. The van der Waals surface area contributed by atoms with Crippen LogP contribution in [0.4, 0.5) is 0 Å². The van der Waals surface area contributed by atoms with Crippen molar-refractivity contribution in [3.63, 3.8) is 0 Å². The van der Waals surface area contributed by atoms with E-state index in [1.165, 1.54) is 11.1 Å². The van der Waals surface area contributed by atoms with Crippen molar-refractivity contribution in [3.8, 4) is 5.75 Å². The highest BCUT2D eigenvalue weighted by Gasteiger charge is 2.09. The number of rotatable bonds is 4. The van der Waals surface area contributed by atoms with Crippen molar-refractivity contribution in [1.29, 1.82) is 0 Å². The molecule has 0 aromatic heterocycles. The lowest BCUT2D eigenvalue weighted by atomic mass is 9.97. The van der Waals surface area contributed by atoms with E-state index in [0.717, 1.165) is 12.3 Å². The molecule has 0 saturated heterocycles. The van der Waals surface area contributed by atoms with Crippen LogP contribution in [0.25, 0.3) is 0 Å². The Morgan fingerprint density at radius 2 is 1.57 bits per heavy atom. The molecule has 21 heavy (non-hydrogen) atoms. The second-order valence-corrected chi connectivity index (χ2v) is 5.14. The molecular weight excluding hydrogens is 258 g/mol. The number of methoxy groups -OCH3 is 1. The molecule has 2 heteroatoms. The normalized spacial score (nSPS) is 14.4. The molecule has 1 aliphatic rings. The summed E-state index contributed by atoms with van der Waals surface area (Å²) in [6, 6.07) is 18.7. The lowest BCUT2D eigenvalue weighted by Crippen LogP contribution is -2.13. The Bertz CT molecular complexity index is 614. The van der Waals surface area contributed by atoms with Gasteiger partial charge in [0.1, 0.15) is 5.75 Å². The second-order valence-electron chi connectivity index (χ2n) is 5.14. The summed E-state index contributed by atoms with van der Waals surface area (Å²) >= 11 is 0. The van der Waals surface area contributed by atoms with Crippen LogP contribution in [0.1, 0.15) is 17.0 Å². The Hall–Kier alpha value is -2.48. The molecule has 2 aromatic rings. The molecule has 0 amide bonds. The Balaban J connectivity index is 1.65. The maximum atomic E-state index is 5.20. The lowest BCUT2D eigenvalue weighted by Gasteiger charge is -2.22. The van der Waals surface area contributed by atoms with Crippen LogP contribution >= 0.6 is 0 Å². The highest BCUT2D eigenvalue weighted by Crippen LogP contribution is 2.25. The van der Waals surface area contributed by atoms with Gasteiger partial charge in [-0.2, -0.15) is 0 Å². The first kappa shape index (κ1) is 13.5. The number of ether oxygens (including phenoxy) is 1. The number of nitrogens with zero attached hydrogens (tertiary/aromatic N) is 1. The zero-order chi connectivity index (χ0) is 14.5. The molecule has 0 N–H and O–H groups in total. The average Bonchev–Trinajstić information content (AvgIpc) is 2.57. The number of hydrogen-bond acceptors (Lipinski definition) is 2. The third-order valence-corrected chi connectivity index (χ3v) is 3.68. The van der Waals surface area contributed by atoms with Crippen molar-refractivity contribution in [2.24, 2.45) is 0 Å². The fraction of sp³-hybridized carbons (Fsp3) is 0.158. The summed E-state index contributed by atoms with van der Waals surface area (Å²) in [7, 11) is 1.69. The molecule has 1 aliphatic heterocycles. The molecule has 3 rings (SSSR count). The molecule has 2 aromatic carbocycles. The van der Waals surface area contributed by atoms with Crippen LogP contribution in [0, 0.1) is 0 Å².